The first-order chi connectivity index (χ1) is 16.0. The summed E-state index contributed by atoms with van der Waals surface area (Å²) >= 11 is 0. The van der Waals surface area contributed by atoms with Gasteiger partial charge < -0.3 is 15.5 Å². The zero-order valence-electron chi connectivity index (χ0n) is 17.9. The number of nitrogens with one attached hydrogen (secondary N) is 2. The summed E-state index contributed by atoms with van der Waals surface area (Å²) in [4.78, 5) is 42.2. The molecule has 0 spiro atoms. The summed E-state index contributed by atoms with van der Waals surface area (Å²) in [6.07, 6.45) is 5.50. The summed E-state index contributed by atoms with van der Waals surface area (Å²) in [5.74, 6) is -0.660. The highest BCUT2D eigenvalue weighted by molar-refractivity contribution is 6.06. The van der Waals surface area contributed by atoms with Crippen LogP contribution < -0.4 is 15.5 Å². The van der Waals surface area contributed by atoms with E-state index in [1.165, 1.54) is 24.3 Å². The minimum atomic E-state index is -0.519. The number of nitro groups is 1. The van der Waals surface area contributed by atoms with Crippen LogP contribution in [0.4, 0.5) is 17.1 Å². The van der Waals surface area contributed by atoms with Crippen LogP contribution in [0.15, 0.2) is 67.0 Å². The molecule has 0 atom stereocenters. The smallest absolute Gasteiger partial charge is 0.269 e. The van der Waals surface area contributed by atoms with Crippen molar-refractivity contribution in [1.29, 1.82) is 0 Å². The molecule has 4 rings (SSSR count). The fraction of sp³-hybridized carbons (Fsp3) is 0.208. The molecule has 0 radical (unpaired) electrons. The second kappa shape index (κ2) is 9.90. The van der Waals surface area contributed by atoms with E-state index in [2.05, 4.69) is 20.5 Å². The van der Waals surface area contributed by atoms with Crippen molar-refractivity contribution in [1.82, 2.24) is 10.3 Å². The van der Waals surface area contributed by atoms with Crippen molar-refractivity contribution in [3.63, 3.8) is 0 Å². The molecule has 3 aromatic rings. The maximum atomic E-state index is 13.1. The van der Waals surface area contributed by atoms with E-state index in [-0.39, 0.29) is 17.2 Å². The van der Waals surface area contributed by atoms with Crippen LogP contribution in [0.5, 0.6) is 0 Å². The third-order valence-electron chi connectivity index (χ3n) is 5.46. The van der Waals surface area contributed by atoms with Gasteiger partial charge in [0, 0.05) is 61.1 Å². The Bertz CT molecular complexity index is 1160. The highest BCUT2D eigenvalue weighted by atomic mass is 16.6. The fourth-order valence-corrected chi connectivity index (χ4v) is 3.75. The Morgan fingerprint density at radius 3 is 2.45 bits per heavy atom. The van der Waals surface area contributed by atoms with E-state index in [1.807, 2.05) is 18.2 Å². The Kier molecular flexibility index (Phi) is 6.58. The zero-order valence-corrected chi connectivity index (χ0v) is 17.9. The van der Waals surface area contributed by atoms with Crippen LogP contribution in [0.25, 0.3) is 0 Å². The van der Waals surface area contributed by atoms with E-state index < -0.39 is 10.8 Å². The molecule has 1 aliphatic rings. The first kappa shape index (κ1) is 21.9. The Hall–Kier alpha value is -4.27. The fourth-order valence-electron chi connectivity index (χ4n) is 3.75. The Balaban J connectivity index is 1.54. The molecule has 1 fully saturated rings. The van der Waals surface area contributed by atoms with E-state index in [1.54, 1.807) is 24.5 Å². The van der Waals surface area contributed by atoms with Crippen LogP contribution in [-0.4, -0.2) is 34.8 Å². The Labute approximate surface area is 190 Å². The number of hydrogen-bond acceptors (Lipinski definition) is 6. The lowest BCUT2D eigenvalue weighted by atomic mass is 10.1. The number of nitrogens with zero attached hydrogens (tertiary/aromatic N) is 3. The topological polar surface area (TPSA) is 117 Å². The summed E-state index contributed by atoms with van der Waals surface area (Å²) < 4.78 is 0. The van der Waals surface area contributed by atoms with Gasteiger partial charge >= 0.3 is 0 Å². The van der Waals surface area contributed by atoms with Crippen LogP contribution in [-0.2, 0) is 6.54 Å². The molecule has 0 unspecified atom stereocenters. The molecule has 9 nitrogen and oxygen atoms in total. The maximum absolute atomic E-state index is 13.1. The average molecular weight is 445 g/mol. The lowest BCUT2D eigenvalue weighted by Crippen LogP contribution is -2.27. The van der Waals surface area contributed by atoms with Gasteiger partial charge in [0.1, 0.15) is 0 Å². The van der Waals surface area contributed by atoms with E-state index >= 15 is 0 Å². The van der Waals surface area contributed by atoms with E-state index in [9.17, 15) is 19.7 Å². The number of non-ortho nitro benzene ring substituents is 1. The number of carbonyl (C=O) groups excluding carboxylic acids is 2. The van der Waals surface area contributed by atoms with Gasteiger partial charge in [-0.2, -0.15) is 0 Å². The van der Waals surface area contributed by atoms with Gasteiger partial charge in [-0.3, -0.25) is 24.7 Å². The molecular formula is C24H23N5O4. The number of benzene rings is 2. The molecule has 2 heterocycles. The molecule has 2 N–H and O–H groups in total. The Morgan fingerprint density at radius 1 is 1.03 bits per heavy atom. The molecule has 2 aromatic carbocycles. The number of aromatic nitrogens is 1. The van der Waals surface area contributed by atoms with Crippen molar-refractivity contribution >= 4 is 28.9 Å². The number of rotatable bonds is 7. The van der Waals surface area contributed by atoms with Crippen LogP contribution in [0.2, 0.25) is 0 Å². The zero-order chi connectivity index (χ0) is 23.2. The number of amides is 2. The normalized spacial score (nSPS) is 12.9. The van der Waals surface area contributed by atoms with Gasteiger partial charge in [-0.25, -0.2) is 0 Å². The van der Waals surface area contributed by atoms with Crippen molar-refractivity contribution in [2.75, 3.05) is 23.3 Å². The van der Waals surface area contributed by atoms with Gasteiger partial charge in [0.2, 0.25) is 0 Å². The molecule has 1 aromatic heterocycles. The molecule has 0 saturated carbocycles. The van der Waals surface area contributed by atoms with Crippen LogP contribution >= 0.6 is 0 Å². The van der Waals surface area contributed by atoms with Gasteiger partial charge in [0.05, 0.1) is 10.5 Å². The summed E-state index contributed by atoms with van der Waals surface area (Å²) in [6, 6.07) is 14.3. The summed E-state index contributed by atoms with van der Waals surface area (Å²) in [5.41, 5.74) is 2.84. The molecule has 9 heteroatoms. The van der Waals surface area contributed by atoms with Crippen LogP contribution in [0.1, 0.15) is 39.1 Å². The van der Waals surface area contributed by atoms with Crippen molar-refractivity contribution in [3.05, 3.63) is 93.8 Å². The van der Waals surface area contributed by atoms with Crippen molar-refractivity contribution in [2.24, 2.45) is 0 Å². The van der Waals surface area contributed by atoms with Crippen LogP contribution in [0.3, 0.4) is 0 Å². The first-order valence-electron chi connectivity index (χ1n) is 10.6. The van der Waals surface area contributed by atoms with Crippen LogP contribution in [0, 0.1) is 10.1 Å². The molecule has 0 aliphatic carbocycles. The lowest BCUT2D eigenvalue weighted by Gasteiger charge is -2.22. The molecule has 33 heavy (non-hydrogen) atoms. The van der Waals surface area contributed by atoms with E-state index in [0.29, 0.717) is 17.8 Å². The number of carbonyl (C=O) groups is 2. The second-order valence-electron chi connectivity index (χ2n) is 7.73. The molecule has 0 bridgehead atoms. The number of pyridine rings is 1. The molecule has 2 amide bonds. The largest absolute Gasteiger partial charge is 0.371 e. The first-order valence-corrected chi connectivity index (χ1v) is 10.6. The van der Waals surface area contributed by atoms with Gasteiger partial charge in [-0.05, 0) is 54.8 Å². The van der Waals surface area contributed by atoms with Gasteiger partial charge in [0.15, 0.2) is 0 Å². The third kappa shape index (κ3) is 5.32. The predicted molar refractivity (Wildman–Crippen MR) is 124 cm³/mol. The van der Waals surface area contributed by atoms with E-state index in [0.717, 1.165) is 37.2 Å². The average Bonchev–Trinajstić information content (AvgIpc) is 3.38. The third-order valence-corrected chi connectivity index (χ3v) is 5.46. The maximum Gasteiger partial charge on any atom is 0.269 e. The monoisotopic (exact) mass is 445 g/mol. The van der Waals surface area contributed by atoms with Gasteiger partial charge in [0.25, 0.3) is 17.5 Å². The van der Waals surface area contributed by atoms with Crippen molar-refractivity contribution in [3.8, 4) is 0 Å². The predicted octanol–water partition coefficient (Wildman–Crippen LogP) is 3.77. The highest BCUT2D eigenvalue weighted by Crippen LogP contribution is 2.28. The van der Waals surface area contributed by atoms with E-state index in [4.69, 9.17) is 0 Å². The van der Waals surface area contributed by atoms with Crippen molar-refractivity contribution in [2.45, 2.75) is 19.4 Å². The standard InChI is InChI=1S/C24H23N5O4/c30-23(18-5-8-20(9-6-18)29(32)33)27-19-7-10-22(28-12-1-2-13-28)21(14-19)24(31)26-16-17-4-3-11-25-15-17/h3-11,14-15H,1-2,12-13,16H2,(H,26,31)(H,27,30). The van der Waals surface area contributed by atoms with Gasteiger partial charge in [-0.15, -0.1) is 0 Å². The summed E-state index contributed by atoms with van der Waals surface area (Å²) in [6.45, 7) is 2.08. The second-order valence-corrected chi connectivity index (χ2v) is 7.73. The SMILES string of the molecule is O=C(Nc1ccc(N2CCCC2)c(C(=O)NCc2cccnc2)c1)c1ccc([N+](=O)[O-])cc1. The molecule has 1 saturated heterocycles. The minimum Gasteiger partial charge on any atom is -0.371 e. The molecular weight excluding hydrogens is 422 g/mol. The number of nitro benzene ring substituents is 1. The number of anilines is 2. The molecule has 1 aliphatic heterocycles. The Morgan fingerprint density at radius 2 is 1.79 bits per heavy atom. The summed E-state index contributed by atoms with van der Waals surface area (Å²) in [7, 11) is 0. The quantitative estimate of drug-likeness (QED) is 0.422. The number of hydrogen-bond donors (Lipinski definition) is 2. The molecule has 168 valence electrons. The summed E-state index contributed by atoms with van der Waals surface area (Å²) in [5, 5.41) is 16.5. The lowest BCUT2D eigenvalue weighted by molar-refractivity contribution is -0.384. The van der Waals surface area contributed by atoms with Crippen molar-refractivity contribution < 1.29 is 14.5 Å². The highest BCUT2D eigenvalue weighted by Gasteiger charge is 2.21. The minimum absolute atomic E-state index is 0.0888. The van der Waals surface area contributed by atoms with Gasteiger partial charge in [-0.1, -0.05) is 6.07 Å².